The number of hydrogen-bond acceptors (Lipinski definition) is 5. The van der Waals surface area contributed by atoms with Crippen molar-refractivity contribution in [3.8, 4) is 0 Å². The van der Waals surface area contributed by atoms with Gasteiger partial charge in [-0.3, -0.25) is 14.3 Å². The number of aliphatic hydroxyl groups is 1. The molecule has 1 aromatic heterocycles. The predicted octanol–water partition coefficient (Wildman–Crippen LogP) is 2.42. The molecule has 0 saturated heterocycles. The Labute approximate surface area is 183 Å². The van der Waals surface area contributed by atoms with Crippen molar-refractivity contribution in [1.82, 2.24) is 19.7 Å². The molecular weight excluding hydrogens is 429 g/mol. The Morgan fingerprint density at radius 1 is 1.45 bits per heavy atom. The van der Waals surface area contributed by atoms with Crippen LogP contribution >= 0.6 is 11.6 Å². The lowest BCUT2D eigenvalue weighted by atomic mass is 9.97. The first-order valence-electron chi connectivity index (χ1n) is 9.99. The fraction of sp³-hybridized carbons (Fsp3) is 0.450. The van der Waals surface area contributed by atoms with E-state index < -0.39 is 11.9 Å². The van der Waals surface area contributed by atoms with Gasteiger partial charge in [-0.15, -0.1) is 0 Å². The third-order valence-corrected chi connectivity index (χ3v) is 5.90. The molecule has 4 rings (SSSR count). The van der Waals surface area contributed by atoms with Crippen LogP contribution in [-0.4, -0.2) is 62.6 Å². The van der Waals surface area contributed by atoms with Crippen molar-refractivity contribution in [3.63, 3.8) is 0 Å². The maximum Gasteiger partial charge on any atom is 0.322 e. The Morgan fingerprint density at radius 3 is 2.90 bits per heavy atom. The van der Waals surface area contributed by atoms with Crippen LogP contribution in [0.4, 0.5) is 14.9 Å². The highest BCUT2D eigenvalue weighted by atomic mass is 35.5. The third kappa shape index (κ3) is 3.98. The monoisotopic (exact) mass is 451 g/mol. The molecule has 9 nitrogen and oxygen atoms in total. The Hall–Kier alpha value is -2.69. The zero-order valence-electron chi connectivity index (χ0n) is 17.1. The van der Waals surface area contributed by atoms with Crippen molar-refractivity contribution in [3.05, 3.63) is 46.0 Å². The molecule has 2 aromatic rings. The lowest BCUT2D eigenvalue weighted by molar-refractivity contribution is -0.159. The average Bonchev–Trinajstić information content (AvgIpc) is 3.04. The summed E-state index contributed by atoms with van der Waals surface area (Å²) in [6.07, 6.45) is 0.585. The van der Waals surface area contributed by atoms with Gasteiger partial charge in [-0.2, -0.15) is 5.10 Å². The quantitative estimate of drug-likeness (QED) is 0.746. The summed E-state index contributed by atoms with van der Waals surface area (Å²) in [6, 6.07) is 3.47. The number of carbonyl (C=O) groups excluding carboxylic acids is 2. The molecule has 0 fully saturated rings. The molecular formula is C20H23ClFN5O4. The minimum absolute atomic E-state index is 0.0835. The summed E-state index contributed by atoms with van der Waals surface area (Å²) >= 11 is 5.82. The number of amides is 3. The SMILES string of the molecule is CC[C@@H]1Cc2nn3c(c2CN1C(=O)Nc1ccc(F)c(Cl)c1)C(=O)N(C)O[C@H](CO)C3. The van der Waals surface area contributed by atoms with E-state index in [0.29, 0.717) is 29.8 Å². The first-order valence-corrected chi connectivity index (χ1v) is 10.4. The lowest BCUT2D eigenvalue weighted by Gasteiger charge is -2.35. The van der Waals surface area contributed by atoms with Gasteiger partial charge in [0.2, 0.25) is 0 Å². The van der Waals surface area contributed by atoms with E-state index in [-0.39, 0.29) is 42.7 Å². The molecule has 31 heavy (non-hydrogen) atoms. The molecule has 2 aliphatic rings. The number of anilines is 1. The maximum absolute atomic E-state index is 13.4. The number of fused-ring (bicyclic) bond motifs is 3. The Kier molecular flexibility index (Phi) is 5.87. The van der Waals surface area contributed by atoms with Crippen molar-refractivity contribution in [2.45, 2.75) is 45.0 Å². The second-order valence-electron chi connectivity index (χ2n) is 7.62. The van der Waals surface area contributed by atoms with Gasteiger partial charge in [-0.05, 0) is 24.6 Å². The van der Waals surface area contributed by atoms with Gasteiger partial charge >= 0.3 is 6.03 Å². The molecule has 1 aromatic carbocycles. The summed E-state index contributed by atoms with van der Waals surface area (Å²) in [4.78, 5) is 33.1. The van der Waals surface area contributed by atoms with E-state index in [4.69, 9.17) is 16.4 Å². The van der Waals surface area contributed by atoms with Crippen molar-refractivity contribution in [1.29, 1.82) is 0 Å². The number of urea groups is 1. The van der Waals surface area contributed by atoms with Crippen molar-refractivity contribution in [2.24, 2.45) is 0 Å². The van der Waals surface area contributed by atoms with Crippen LogP contribution < -0.4 is 5.32 Å². The number of hydroxylamine groups is 2. The van der Waals surface area contributed by atoms with Crippen LogP contribution in [0, 0.1) is 5.82 Å². The van der Waals surface area contributed by atoms with E-state index in [9.17, 15) is 19.1 Å². The zero-order chi connectivity index (χ0) is 22.3. The minimum Gasteiger partial charge on any atom is -0.393 e. The fourth-order valence-corrected chi connectivity index (χ4v) is 4.17. The van der Waals surface area contributed by atoms with Gasteiger partial charge in [0, 0.05) is 30.8 Å². The van der Waals surface area contributed by atoms with Crippen LogP contribution in [0.25, 0.3) is 0 Å². The molecule has 0 saturated carbocycles. The summed E-state index contributed by atoms with van der Waals surface area (Å²) in [6.45, 7) is 2.13. The molecule has 2 atom stereocenters. The summed E-state index contributed by atoms with van der Waals surface area (Å²) in [7, 11) is 1.49. The van der Waals surface area contributed by atoms with Crippen molar-refractivity contribution < 1.29 is 23.9 Å². The van der Waals surface area contributed by atoms with Gasteiger partial charge in [0.05, 0.1) is 30.4 Å². The van der Waals surface area contributed by atoms with E-state index in [1.54, 1.807) is 9.58 Å². The molecule has 0 aliphatic carbocycles. The summed E-state index contributed by atoms with van der Waals surface area (Å²) in [5.41, 5.74) is 2.15. The van der Waals surface area contributed by atoms with Gasteiger partial charge < -0.3 is 15.3 Å². The van der Waals surface area contributed by atoms with Crippen molar-refractivity contribution in [2.75, 3.05) is 19.0 Å². The Morgan fingerprint density at radius 2 is 2.23 bits per heavy atom. The lowest BCUT2D eigenvalue weighted by Crippen LogP contribution is -2.46. The Balaban J connectivity index is 1.64. The van der Waals surface area contributed by atoms with Gasteiger partial charge in [0.15, 0.2) is 0 Å². The fourth-order valence-electron chi connectivity index (χ4n) is 3.99. The normalized spacial score (nSPS) is 20.9. The van der Waals surface area contributed by atoms with Gasteiger partial charge in [0.25, 0.3) is 5.91 Å². The average molecular weight is 452 g/mol. The topological polar surface area (TPSA) is 99.9 Å². The summed E-state index contributed by atoms with van der Waals surface area (Å²) < 4.78 is 15.0. The number of carbonyl (C=O) groups is 2. The van der Waals surface area contributed by atoms with Crippen LogP contribution in [-0.2, 0) is 24.3 Å². The number of nitrogens with one attached hydrogen (secondary N) is 1. The number of nitrogens with zero attached hydrogens (tertiary/aromatic N) is 4. The second-order valence-corrected chi connectivity index (χ2v) is 8.03. The van der Waals surface area contributed by atoms with Crippen LogP contribution in [0.15, 0.2) is 18.2 Å². The predicted molar refractivity (Wildman–Crippen MR) is 110 cm³/mol. The summed E-state index contributed by atoms with van der Waals surface area (Å²) in [5.74, 6) is -0.951. The van der Waals surface area contributed by atoms with Gasteiger partial charge in [-0.1, -0.05) is 18.5 Å². The van der Waals surface area contributed by atoms with Crippen LogP contribution in [0.2, 0.25) is 5.02 Å². The number of rotatable bonds is 3. The molecule has 0 radical (unpaired) electrons. The number of aromatic nitrogens is 2. The first kappa shape index (κ1) is 21.5. The van der Waals surface area contributed by atoms with Crippen LogP contribution in [0.5, 0.6) is 0 Å². The molecule has 0 spiro atoms. The van der Waals surface area contributed by atoms with Gasteiger partial charge in [-0.25, -0.2) is 14.2 Å². The number of hydrogen-bond donors (Lipinski definition) is 2. The van der Waals surface area contributed by atoms with Crippen LogP contribution in [0.1, 0.15) is 35.1 Å². The third-order valence-electron chi connectivity index (χ3n) is 5.61. The van der Waals surface area contributed by atoms with E-state index in [1.165, 1.54) is 25.2 Å². The number of halogens is 2. The van der Waals surface area contributed by atoms with E-state index >= 15 is 0 Å². The maximum atomic E-state index is 13.4. The van der Waals surface area contributed by atoms with Crippen molar-refractivity contribution >= 4 is 29.2 Å². The van der Waals surface area contributed by atoms with Crippen LogP contribution in [0.3, 0.4) is 0 Å². The largest absolute Gasteiger partial charge is 0.393 e. The van der Waals surface area contributed by atoms with E-state index in [2.05, 4.69) is 10.4 Å². The molecule has 3 heterocycles. The van der Waals surface area contributed by atoms with E-state index in [1.807, 2.05) is 6.92 Å². The van der Waals surface area contributed by atoms with E-state index in [0.717, 1.165) is 10.8 Å². The standard InChI is InChI=1S/C20H23ClFN5O4/c1-3-12-7-17-14(18-19(29)25(2)31-13(10-28)8-27(18)24-17)9-26(12)20(30)23-11-4-5-16(22)15(21)6-11/h4-6,12-13,28H,3,7-10H2,1-2H3,(H,23,30)/t12-,13+/m1/s1. The molecule has 0 bridgehead atoms. The van der Waals surface area contributed by atoms with Gasteiger partial charge in [0.1, 0.15) is 17.6 Å². The molecule has 11 heteroatoms. The molecule has 2 aliphatic heterocycles. The minimum atomic E-state index is -0.596. The number of aliphatic hydroxyl groups excluding tert-OH is 1. The summed E-state index contributed by atoms with van der Waals surface area (Å²) in [5, 5.41) is 17.9. The smallest absolute Gasteiger partial charge is 0.322 e. The molecule has 2 N–H and O–H groups in total. The first-order chi connectivity index (χ1) is 14.8. The molecule has 0 unspecified atom stereocenters. The highest BCUT2D eigenvalue weighted by Crippen LogP contribution is 2.30. The highest BCUT2D eigenvalue weighted by Gasteiger charge is 2.38. The number of benzene rings is 1. The zero-order valence-corrected chi connectivity index (χ0v) is 17.9. The molecule has 166 valence electrons. The molecule has 3 amide bonds. The Bertz CT molecular complexity index is 1030. The second kappa shape index (κ2) is 8.45. The highest BCUT2D eigenvalue weighted by molar-refractivity contribution is 6.31.